The van der Waals surface area contributed by atoms with E-state index in [-0.39, 0.29) is 5.82 Å². The van der Waals surface area contributed by atoms with Crippen LogP contribution in [0.5, 0.6) is 5.75 Å². The third-order valence-corrected chi connectivity index (χ3v) is 4.35. The summed E-state index contributed by atoms with van der Waals surface area (Å²) < 4.78 is 20.0. The van der Waals surface area contributed by atoms with Crippen LogP contribution < -0.4 is 21.4 Å². The summed E-state index contributed by atoms with van der Waals surface area (Å²) in [6.07, 6.45) is 1.98. The molecule has 3 aromatic rings. The van der Waals surface area contributed by atoms with Crippen LogP contribution in [0.3, 0.4) is 0 Å². The molecule has 0 atom stereocenters. The Hall–Kier alpha value is -3.03. The molecule has 0 saturated heterocycles. The topological polar surface area (TPSA) is 71.7 Å². The molecule has 0 aromatic heterocycles. The Morgan fingerprint density at radius 1 is 1.00 bits per heavy atom. The Morgan fingerprint density at radius 2 is 1.68 bits per heavy atom. The highest BCUT2D eigenvalue weighted by atomic mass is 32.2. The standard InChI is InChI=1S/C21H21FN4OS/c1-28-14-27-20-13-7-4-9-16(20)15-8-2-3-10-17(15)21(25-26-23)24-19-12-6-5-11-18(19)22/h2-13,26H,14,23H2,1H3,(H,24,25). The molecule has 4 N–H and O–H groups in total. The van der Waals surface area contributed by atoms with E-state index in [9.17, 15) is 4.39 Å². The molecule has 3 rings (SSSR count). The lowest BCUT2D eigenvalue weighted by Crippen LogP contribution is -2.23. The van der Waals surface area contributed by atoms with E-state index in [2.05, 4.69) is 16.0 Å². The van der Waals surface area contributed by atoms with Gasteiger partial charge in [-0.2, -0.15) is 0 Å². The molecule has 144 valence electrons. The van der Waals surface area contributed by atoms with Crippen molar-refractivity contribution in [3.63, 3.8) is 0 Å². The molecule has 0 heterocycles. The van der Waals surface area contributed by atoms with E-state index in [0.717, 1.165) is 22.4 Å². The van der Waals surface area contributed by atoms with Crippen LogP contribution in [0, 0.1) is 5.82 Å². The number of para-hydroxylation sites is 2. The number of hydrogen-bond acceptors (Lipinski definition) is 5. The van der Waals surface area contributed by atoms with Crippen molar-refractivity contribution in [3.8, 4) is 16.9 Å². The van der Waals surface area contributed by atoms with Crippen molar-refractivity contribution in [1.82, 2.24) is 5.53 Å². The number of hydrogen-bond donors (Lipinski definition) is 3. The highest BCUT2D eigenvalue weighted by Crippen LogP contribution is 2.33. The van der Waals surface area contributed by atoms with Crippen molar-refractivity contribution in [1.29, 1.82) is 0 Å². The predicted octanol–water partition coefficient (Wildman–Crippen LogP) is 4.43. The molecular formula is C21H21FN4OS. The number of ether oxygens (including phenoxy) is 1. The van der Waals surface area contributed by atoms with Crippen LogP contribution in [0.15, 0.2) is 77.9 Å². The molecular weight excluding hydrogens is 375 g/mol. The smallest absolute Gasteiger partial charge is 0.159 e. The van der Waals surface area contributed by atoms with Gasteiger partial charge in [0.15, 0.2) is 5.84 Å². The Morgan fingerprint density at radius 3 is 2.43 bits per heavy atom. The molecule has 0 unspecified atom stereocenters. The maximum absolute atomic E-state index is 14.1. The first-order valence-corrected chi connectivity index (χ1v) is 9.99. The van der Waals surface area contributed by atoms with Gasteiger partial charge in [-0.05, 0) is 30.0 Å². The number of benzene rings is 3. The van der Waals surface area contributed by atoms with Gasteiger partial charge >= 0.3 is 0 Å². The van der Waals surface area contributed by atoms with E-state index in [1.165, 1.54) is 6.07 Å². The lowest BCUT2D eigenvalue weighted by atomic mass is 9.98. The minimum atomic E-state index is -0.381. The van der Waals surface area contributed by atoms with Gasteiger partial charge in [-0.15, -0.1) is 16.9 Å². The van der Waals surface area contributed by atoms with E-state index in [4.69, 9.17) is 10.6 Å². The number of thioether (sulfide) groups is 1. The van der Waals surface area contributed by atoms with Gasteiger partial charge in [0.2, 0.25) is 0 Å². The summed E-state index contributed by atoms with van der Waals surface area (Å²) in [5, 5.41) is 7.16. The maximum atomic E-state index is 14.1. The number of hydrazine groups is 1. The van der Waals surface area contributed by atoms with E-state index < -0.39 is 0 Å². The van der Waals surface area contributed by atoms with E-state index >= 15 is 0 Å². The number of anilines is 1. The number of nitrogens with zero attached hydrogens (tertiary/aromatic N) is 1. The van der Waals surface area contributed by atoms with Crippen molar-refractivity contribution >= 4 is 23.3 Å². The summed E-state index contributed by atoms with van der Waals surface area (Å²) in [5.74, 6) is 6.75. The zero-order valence-corrected chi connectivity index (χ0v) is 16.2. The molecule has 0 aliphatic rings. The first kappa shape index (κ1) is 19.7. The number of hydrazone groups is 1. The van der Waals surface area contributed by atoms with Crippen LogP contribution in [-0.4, -0.2) is 18.0 Å². The Bertz CT molecular complexity index is 964. The third kappa shape index (κ3) is 4.62. The second-order valence-corrected chi connectivity index (χ2v) is 6.60. The summed E-state index contributed by atoms with van der Waals surface area (Å²) in [6.45, 7) is 0. The minimum Gasteiger partial charge on any atom is -0.482 e. The number of amidine groups is 1. The van der Waals surface area contributed by atoms with Gasteiger partial charge in [0.1, 0.15) is 17.5 Å². The molecule has 0 spiro atoms. The van der Waals surface area contributed by atoms with Crippen molar-refractivity contribution in [2.45, 2.75) is 0 Å². The average Bonchev–Trinajstić information content (AvgIpc) is 2.74. The fourth-order valence-corrected chi connectivity index (χ4v) is 3.02. The van der Waals surface area contributed by atoms with Gasteiger partial charge in [0.25, 0.3) is 0 Å². The number of nitrogens with one attached hydrogen (secondary N) is 2. The molecule has 0 aliphatic carbocycles. The zero-order chi connectivity index (χ0) is 19.8. The summed E-state index contributed by atoms with van der Waals surface area (Å²) >= 11 is 1.60. The van der Waals surface area contributed by atoms with E-state index in [1.54, 1.807) is 30.0 Å². The maximum Gasteiger partial charge on any atom is 0.159 e. The molecule has 5 nitrogen and oxygen atoms in total. The van der Waals surface area contributed by atoms with Crippen LogP contribution in [0.25, 0.3) is 11.1 Å². The second-order valence-electron chi connectivity index (χ2n) is 5.79. The van der Waals surface area contributed by atoms with Crippen molar-refractivity contribution < 1.29 is 9.13 Å². The Balaban J connectivity index is 2.06. The fourth-order valence-electron chi connectivity index (χ4n) is 2.77. The van der Waals surface area contributed by atoms with E-state index in [1.807, 2.05) is 54.8 Å². The largest absolute Gasteiger partial charge is 0.482 e. The van der Waals surface area contributed by atoms with E-state index in [0.29, 0.717) is 17.5 Å². The average molecular weight is 396 g/mol. The zero-order valence-electron chi connectivity index (χ0n) is 15.4. The van der Waals surface area contributed by atoms with Gasteiger partial charge in [-0.25, -0.2) is 15.8 Å². The second kappa shape index (κ2) is 9.77. The normalized spacial score (nSPS) is 11.2. The molecule has 0 aliphatic heterocycles. The van der Waals surface area contributed by atoms with Crippen molar-refractivity contribution in [2.75, 3.05) is 17.5 Å². The molecule has 0 radical (unpaired) electrons. The monoisotopic (exact) mass is 396 g/mol. The van der Waals surface area contributed by atoms with Gasteiger partial charge in [0.05, 0.1) is 5.69 Å². The summed E-state index contributed by atoms with van der Waals surface area (Å²) in [5.41, 5.74) is 5.16. The van der Waals surface area contributed by atoms with Crippen LogP contribution in [-0.2, 0) is 0 Å². The summed E-state index contributed by atoms with van der Waals surface area (Å²) in [7, 11) is 0. The molecule has 0 amide bonds. The third-order valence-electron chi connectivity index (χ3n) is 3.99. The lowest BCUT2D eigenvalue weighted by molar-refractivity contribution is 0.395. The number of halogens is 1. The first-order chi connectivity index (χ1) is 13.7. The number of nitrogens with two attached hydrogens (primary N) is 1. The quantitative estimate of drug-likeness (QED) is 0.181. The molecule has 28 heavy (non-hydrogen) atoms. The van der Waals surface area contributed by atoms with Crippen LogP contribution in [0.4, 0.5) is 10.1 Å². The molecule has 0 fully saturated rings. The Kier molecular flexibility index (Phi) is 6.89. The fraction of sp³-hybridized carbons (Fsp3) is 0.0952. The van der Waals surface area contributed by atoms with Gasteiger partial charge < -0.3 is 10.1 Å². The van der Waals surface area contributed by atoms with Gasteiger partial charge in [0, 0.05) is 11.1 Å². The summed E-state index contributed by atoms with van der Waals surface area (Å²) in [4.78, 5) is 0. The molecule has 7 heteroatoms. The van der Waals surface area contributed by atoms with Crippen LogP contribution in [0.2, 0.25) is 0 Å². The molecule has 3 aromatic carbocycles. The van der Waals surface area contributed by atoms with Gasteiger partial charge in [-0.1, -0.05) is 54.6 Å². The number of rotatable bonds is 7. The lowest BCUT2D eigenvalue weighted by Gasteiger charge is -2.17. The highest BCUT2D eigenvalue weighted by Gasteiger charge is 2.15. The first-order valence-electron chi connectivity index (χ1n) is 8.60. The summed E-state index contributed by atoms with van der Waals surface area (Å²) in [6, 6.07) is 21.8. The molecule has 0 bridgehead atoms. The van der Waals surface area contributed by atoms with Crippen LogP contribution in [0.1, 0.15) is 5.56 Å². The Labute approximate surface area is 167 Å². The van der Waals surface area contributed by atoms with Gasteiger partial charge in [-0.3, -0.25) is 0 Å². The minimum absolute atomic E-state index is 0.304. The molecule has 0 saturated carbocycles. The SMILES string of the molecule is CSCOc1ccccc1-c1ccccc1/C(=N/NN)Nc1ccccc1F. The predicted molar refractivity (Wildman–Crippen MR) is 115 cm³/mol. The van der Waals surface area contributed by atoms with Crippen molar-refractivity contribution in [2.24, 2.45) is 10.9 Å². The highest BCUT2D eigenvalue weighted by molar-refractivity contribution is 7.98. The van der Waals surface area contributed by atoms with Crippen molar-refractivity contribution in [3.05, 3.63) is 84.2 Å². The van der Waals surface area contributed by atoms with Crippen LogP contribution >= 0.6 is 11.8 Å².